The molecule has 0 atom stereocenters. The van der Waals surface area contributed by atoms with Crippen LogP contribution < -0.4 is 10.1 Å². The molecule has 0 aliphatic carbocycles. The van der Waals surface area contributed by atoms with Gasteiger partial charge in [0.25, 0.3) is 0 Å². The fourth-order valence-corrected chi connectivity index (χ4v) is 2.32. The topological polar surface area (TPSA) is 21.3 Å². The van der Waals surface area contributed by atoms with E-state index >= 15 is 0 Å². The summed E-state index contributed by atoms with van der Waals surface area (Å²) in [4.78, 5) is 0. The maximum absolute atomic E-state index is 5.35. The Hall–Kier alpha value is -1.80. The largest absolute Gasteiger partial charge is 0.496 e. The Bertz CT molecular complexity index is 496. The smallest absolute Gasteiger partial charge is 0.122 e. The summed E-state index contributed by atoms with van der Waals surface area (Å²) in [5.41, 5.74) is 2.68. The van der Waals surface area contributed by atoms with Crippen molar-refractivity contribution >= 4 is 0 Å². The molecule has 0 amide bonds. The van der Waals surface area contributed by atoms with Crippen molar-refractivity contribution in [3.05, 3.63) is 65.7 Å². The number of para-hydroxylation sites is 1. The van der Waals surface area contributed by atoms with Crippen LogP contribution in [0.5, 0.6) is 5.75 Å². The fourth-order valence-electron chi connectivity index (χ4n) is 2.32. The Kier molecular flexibility index (Phi) is 6.12. The van der Waals surface area contributed by atoms with Crippen LogP contribution in [0, 0.1) is 0 Å². The minimum Gasteiger partial charge on any atom is -0.496 e. The van der Waals surface area contributed by atoms with Crippen molar-refractivity contribution in [2.24, 2.45) is 0 Å². The monoisotopic (exact) mass is 269 g/mol. The summed E-state index contributed by atoms with van der Waals surface area (Å²) in [6, 6.07) is 18.9. The second kappa shape index (κ2) is 8.39. The Labute approximate surface area is 121 Å². The maximum atomic E-state index is 5.35. The number of nitrogens with one attached hydrogen (secondary N) is 1. The molecule has 0 fully saturated rings. The summed E-state index contributed by atoms with van der Waals surface area (Å²) in [5, 5.41) is 3.50. The van der Waals surface area contributed by atoms with Crippen LogP contribution in [0.25, 0.3) is 0 Å². The summed E-state index contributed by atoms with van der Waals surface area (Å²) in [5.74, 6) is 0.985. The van der Waals surface area contributed by atoms with E-state index in [1.165, 1.54) is 17.5 Å². The average Bonchev–Trinajstić information content (AvgIpc) is 2.52. The molecule has 2 aromatic carbocycles. The number of benzene rings is 2. The molecule has 0 radical (unpaired) electrons. The van der Waals surface area contributed by atoms with E-state index in [1.54, 1.807) is 7.11 Å². The quantitative estimate of drug-likeness (QED) is 0.741. The molecule has 0 bridgehead atoms. The van der Waals surface area contributed by atoms with Crippen LogP contribution in [0.2, 0.25) is 0 Å². The number of ether oxygens (including phenoxy) is 1. The molecule has 2 rings (SSSR count). The van der Waals surface area contributed by atoms with E-state index in [2.05, 4.69) is 47.8 Å². The second-order valence-electron chi connectivity index (χ2n) is 4.90. The zero-order valence-electron chi connectivity index (χ0n) is 12.1. The van der Waals surface area contributed by atoms with Crippen molar-refractivity contribution in [1.82, 2.24) is 5.32 Å². The molecular formula is C18H23NO. The van der Waals surface area contributed by atoms with Crippen molar-refractivity contribution in [3.8, 4) is 5.75 Å². The van der Waals surface area contributed by atoms with Crippen molar-refractivity contribution in [2.45, 2.75) is 19.3 Å². The average molecular weight is 269 g/mol. The van der Waals surface area contributed by atoms with Gasteiger partial charge in [0, 0.05) is 0 Å². The van der Waals surface area contributed by atoms with E-state index < -0.39 is 0 Å². The lowest BCUT2D eigenvalue weighted by Gasteiger charge is -2.09. The van der Waals surface area contributed by atoms with Gasteiger partial charge in [0.1, 0.15) is 5.75 Å². The van der Waals surface area contributed by atoms with Gasteiger partial charge in [-0.25, -0.2) is 0 Å². The molecule has 0 aliphatic heterocycles. The van der Waals surface area contributed by atoms with Gasteiger partial charge < -0.3 is 10.1 Å². The van der Waals surface area contributed by atoms with Crippen molar-refractivity contribution in [3.63, 3.8) is 0 Å². The molecule has 0 saturated carbocycles. The molecule has 0 aromatic heterocycles. The highest BCUT2D eigenvalue weighted by Crippen LogP contribution is 2.17. The first kappa shape index (κ1) is 14.6. The number of aryl methyl sites for hydroxylation is 1. The molecule has 0 unspecified atom stereocenters. The molecule has 2 nitrogen and oxygen atoms in total. The van der Waals surface area contributed by atoms with Crippen LogP contribution >= 0.6 is 0 Å². The van der Waals surface area contributed by atoms with E-state index in [0.29, 0.717) is 0 Å². The molecule has 2 aromatic rings. The van der Waals surface area contributed by atoms with E-state index in [9.17, 15) is 0 Å². The Morgan fingerprint density at radius 2 is 1.60 bits per heavy atom. The van der Waals surface area contributed by atoms with Crippen LogP contribution in [0.15, 0.2) is 54.6 Å². The highest BCUT2D eigenvalue weighted by atomic mass is 16.5. The van der Waals surface area contributed by atoms with E-state index in [1.807, 2.05) is 12.1 Å². The molecular weight excluding hydrogens is 246 g/mol. The third-order valence-electron chi connectivity index (χ3n) is 3.43. The molecule has 20 heavy (non-hydrogen) atoms. The van der Waals surface area contributed by atoms with Gasteiger partial charge >= 0.3 is 0 Å². The first-order valence-corrected chi connectivity index (χ1v) is 7.26. The third kappa shape index (κ3) is 4.71. The number of rotatable bonds is 8. The number of methoxy groups -OCH3 is 1. The lowest BCUT2D eigenvalue weighted by Crippen LogP contribution is -2.19. The highest BCUT2D eigenvalue weighted by molar-refractivity contribution is 5.33. The molecule has 0 heterocycles. The molecule has 2 heteroatoms. The second-order valence-corrected chi connectivity index (χ2v) is 4.90. The van der Waals surface area contributed by atoms with Crippen LogP contribution in [0.3, 0.4) is 0 Å². The van der Waals surface area contributed by atoms with E-state index in [-0.39, 0.29) is 0 Å². The first-order valence-electron chi connectivity index (χ1n) is 7.26. The van der Waals surface area contributed by atoms with Crippen molar-refractivity contribution in [1.29, 1.82) is 0 Å². The van der Waals surface area contributed by atoms with Crippen LogP contribution in [0.1, 0.15) is 17.5 Å². The summed E-state index contributed by atoms with van der Waals surface area (Å²) < 4.78 is 5.35. The molecule has 106 valence electrons. The minimum absolute atomic E-state index is 0.985. The maximum Gasteiger partial charge on any atom is 0.122 e. The van der Waals surface area contributed by atoms with Gasteiger partial charge in [0.2, 0.25) is 0 Å². The Balaban J connectivity index is 1.62. The van der Waals surface area contributed by atoms with Crippen molar-refractivity contribution < 1.29 is 4.74 Å². The SMILES string of the molecule is COc1ccccc1CCNCCCc1ccccc1. The normalized spacial score (nSPS) is 10.4. The Morgan fingerprint density at radius 1 is 0.850 bits per heavy atom. The number of hydrogen-bond donors (Lipinski definition) is 1. The fraction of sp³-hybridized carbons (Fsp3) is 0.333. The Morgan fingerprint density at radius 3 is 2.40 bits per heavy atom. The molecule has 1 N–H and O–H groups in total. The van der Waals surface area contributed by atoms with Crippen molar-refractivity contribution in [2.75, 3.05) is 20.2 Å². The van der Waals surface area contributed by atoms with Gasteiger partial charge in [-0.15, -0.1) is 0 Å². The predicted octanol–water partition coefficient (Wildman–Crippen LogP) is 3.46. The summed E-state index contributed by atoms with van der Waals surface area (Å²) in [6.07, 6.45) is 3.33. The van der Waals surface area contributed by atoms with Gasteiger partial charge in [-0.3, -0.25) is 0 Å². The standard InChI is InChI=1S/C18H23NO/c1-20-18-12-6-5-11-17(18)13-15-19-14-7-10-16-8-3-2-4-9-16/h2-6,8-9,11-12,19H,7,10,13-15H2,1H3. The summed E-state index contributed by atoms with van der Waals surface area (Å²) in [7, 11) is 1.73. The third-order valence-corrected chi connectivity index (χ3v) is 3.43. The zero-order valence-corrected chi connectivity index (χ0v) is 12.1. The van der Waals surface area contributed by atoms with Gasteiger partial charge in [0.15, 0.2) is 0 Å². The minimum atomic E-state index is 0.985. The molecule has 0 spiro atoms. The van der Waals surface area contributed by atoms with Crippen LogP contribution in [0.4, 0.5) is 0 Å². The van der Waals surface area contributed by atoms with Crippen LogP contribution in [-0.2, 0) is 12.8 Å². The summed E-state index contributed by atoms with van der Waals surface area (Å²) in [6.45, 7) is 2.05. The first-order chi connectivity index (χ1) is 9.90. The van der Waals surface area contributed by atoms with Gasteiger partial charge in [-0.1, -0.05) is 48.5 Å². The van der Waals surface area contributed by atoms with E-state index in [0.717, 1.165) is 31.7 Å². The predicted molar refractivity (Wildman–Crippen MR) is 84.3 cm³/mol. The highest BCUT2D eigenvalue weighted by Gasteiger charge is 2.00. The van der Waals surface area contributed by atoms with E-state index in [4.69, 9.17) is 4.74 Å². The van der Waals surface area contributed by atoms with Crippen LogP contribution in [-0.4, -0.2) is 20.2 Å². The van der Waals surface area contributed by atoms with Gasteiger partial charge in [-0.2, -0.15) is 0 Å². The zero-order chi connectivity index (χ0) is 14.0. The van der Waals surface area contributed by atoms with Gasteiger partial charge in [-0.05, 0) is 49.5 Å². The summed E-state index contributed by atoms with van der Waals surface area (Å²) >= 11 is 0. The molecule has 0 saturated heterocycles. The number of hydrogen-bond acceptors (Lipinski definition) is 2. The lowest BCUT2D eigenvalue weighted by atomic mass is 10.1. The van der Waals surface area contributed by atoms with Gasteiger partial charge in [0.05, 0.1) is 7.11 Å². The molecule has 0 aliphatic rings. The lowest BCUT2D eigenvalue weighted by molar-refractivity contribution is 0.409.